The van der Waals surface area contributed by atoms with Gasteiger partial charge in [0.2, 0.25) is 0 Å². The summed E-state index contributed by atoms with van der Waals surface area (Å²) < 4.78 is 5.60. The summed E-state index contributed by atoms with van der Waals surface area (Å²) in [6, 6.07) is 20.7. The van der Waals surface area contributed by atoms with Crippen molar-refractivity contribution < 1.29 is 34.8 Å². The number of aromatic amines is 1. The summed E-state index contributed by atoms with van der Waals surface area (Å²) in [7, 11) is 1.52. The fourth-order valence-electron chi connectivity index (χ4n) is 16.2. The number of aromatic hydroxyl groups is 1. The number of aromatic nitrogens is 1. The van der Waals surface area contributed by atoms with E-state index in [0.29, 0.717) is 99.4 Å². The quantitative estimate of drug-likeness (QED) is 0.0532. The molecule has 5 aliphatic carbocycles. The molecule has 0 radical (unpaired) electrons. The highest BCUT2D eigenvalue weighted by Crippen LogP contribution is 2.65. The van der Waals surface area contributed by atoms with Crippen LogP contribution >= 0.6 is 0 Å². The van der Waals surface area contributed by atoms with Gasteiger partial charge in [-0.2, -0.15) is 0 Å². The van der Waals surface area contributed by atoms with Crippen LogP contribution in [0.3, 0.4) is 0 Å². The second-order valence-electron chi connectivity index (χ2n) is 23.1. The number of allylic oxidation sites excluding steroid dienone is 2. The largest absolute Gasteiger partial charge is 0.504 e. The number of ketones is 2. The van der Waals surface area contributed by atoms with E-state index in [-0.39, 0.29) is 72.0 Å². The lowest BCUT2D eigenvalue weighted by atomic mass is 9.43. The molecule has 3 heterocycles. The fourth-order valence-corrected chi connectivity index (χ4v) is 16.2. The van der Waals surface area contributed by atoms with Crippen LogP contribution in [0.1, 0.15) is 129 Å². The lowest BCUT2D eigenvalue weighted by molar-refractivity contribution is -0.140. The molecule has 0 bridgehead atoms. The van der Waals surface area contributed by atoms with E-state index in [9.17, 15) is 30.0 Å². The number of methoxy groups -OCH3 is 1. The molecule has 15 unspecified atom stereocenters. The molecular weight excluding hydrogens is 927 g/mol. The second-order valence-corrected chi connectivity index (χ2v) is 23.1. The van der Waals surface area contributed by atoms with Gasteiger partial charge in [-0.15, -0.1) is 0 Å². The Bertz CT molecular complexity index is 2860. The summed E-state index contributed by atoms with van der Waals surface area (Å²) >= 11 is 0. The van der Waals surface area contributed by atoms with Gasteiger partial charge in [0.25, 0.3) is 0 Å². The van der Waals surface area contributed by atoms with Gasteiger partial charge in [-0.05, 0) is 188 Å². The first-order valence-corrected chi connectivity index (χ1v) is 28.0. The highest BCUT2D eigenvalue weighted by Gasteiger charge is 2.63. The third-order valence-corrected chi connectivity index (χ3v) is 19.5. The van der Waals surface area contributed by atoms with Crippen molar-refractivity contribution in [1.29, 1.82) is 0 Å². The maximum atomic E-state index is 15.0. The Morgan fingerprint density at radius 3 is 2.64 bits per heavy atom. The van der Waals surface area contributed by atoms with Crippen molar-refractivity contribution in [3.8, 4) is 23.3 Å². The summed E-state index contributed by atoms with van der Waals surface area (Å²) in [6.45, 7) is 5.40. The number of hydrogen-bond donors (Lipinski definition) is 9. The number of hydrogen-bond acceptors (Lipinski definition) is 11. The minimum atomic E-state index is -1.27. The molecular formula is C62H77N5O7. The Balaban J connectivity index is 0.901. The molecule has 1 saturated heterocycles. The molecule has 12 nitrogen and oxygen atoms in total. The Labute approximate surface area is 436 Å². The number of benzene rings is 3. The molecule has 1 aromatic heterocycles. The minimum absolute atomic E-state index is 0.00349. The van der Waals surface area contributed by atoms with Gasteiger partial charge < -0.3 is 51.8 Å². The number of dihydropyridines is 1. The molecule has 4 aromatic rings. The topological polar surface area (TPSA) is 202 Å². The van der Waals surface area contributed by atoms with Gasteiger partial charge in [0, 0.05) is 68.1 Å². The van der Waals surface area contributed by atoms with E-state index in [1.807, 2.05) is 24.3 Å². The highest BCUT2D eigenvalue weighted by molar-refractivity contribution is 5.89. The van der Waals surface area contributed by atoms with Gasteiger partial charge in [-0.25, -0.2) is 0 Å². The number of rotatable bonds is 15. The molecule has 4 fully saturated rings. The molecule has 11 rings (SSSR count). The number of fused-ring (bicyclic) bond motifs is 5. The average molecular weight is 1000 g/mol. The summed E-state index contributed by atoms with van der Waals surface area (Å²) in [4.78, 5) is 32.0. The number of phenolic OH excluding ortho intramolecular Hbond substituents is 1. The predicted molar refractivity (Wildman–Crippen MR) is 287 cm³/mol. The van der Waals surface area contributed by atoms with E-state index in [4.69, 9.17) is 10.5 Å². The number of nitrogens with one attached hydrogen (secondary N) is 4. The number of phenols is 1. The van der Waals surface area contributed by atoms with Gasteiger partial charge in [0.1, 0.15) is 11.2 Å². The summed E-state index contributed by atoms with van der Waals surface area (Å²) in [6.07, 6.45) is 10.8. The van der Waals surface area contributed by atoms with Crippen molar-refractivity contribution in [2.75, 3.05) is 39.9 Å². The van der Waals surface area contributed by atoms with Crippen LogP contribution in [0.15, 0.2) is 90.4 Å². The van der Waals surface area contributed by atoms with Gasteiger partial charge in [-0.1, -0.05) is 67.3 Å². The van der Waals surface area contributed by atoms with E-state index in [0.717, 1.165) is 65.5 Å². The van der Waals surface area contributed by atoms with E-state index < -0.39 is 23.5 Å². The zero-order chi connectivity index (χ0) is 51.3. The number of H-pyrrole nitrogens is 1. The molecule has 3 saturated carbocycles. The molecule has 2 aliphatic heterocycles. The maximum absolute atomic E-state index is 15.0. The van der Waals surface area contributed by atoms with Crippen molar-refractivity contribution >= 4 is 22.3 Å². The van der Waals surface area contributed by atoms with E-state index in [2.05, 4.69) is 88.4 Å². The van der Waals surface area contributed by atoms with Crippen LogP contribution in [0.5, 0.6) is 11.5 Å². The van der Waals surface area contributed by atoms with Crippen LogP contribution in [0.25, 0.3) is 10.8 Å². The van der Waals surface area contributed by atoms with E-state index in [1.165, 1.54) is 18.4 Å². The third-order valence-electron chi connectivity index (χ3n) is 19.5. The molecule has 15 atom stereocenters. The molecule has 1 spiro atoms. The van der Waals surface area contributed by atoms with Gasteiger partial charge in [-0.3, -0.25) is 9.59 Å². The monoisotopic (exact) mass is 1000 g/mol. The zero-order valence-electron chi connectivity index (χ0n) is 43.2. The second kappa shape index (κ2) is 21.3. The lowest BCUT2D eigenvalue weighted by Gasteiger charge is -2.64. The van der Waals surface area contributed by atoms with Gasteiger partial charge in [0.15, 0.2) is 17.3 Å². The van der Waals surface area contributed by atoms with Crippen LogP contribution in [0.2, 0.25) is 0 Å². The molecule has 12 heteroatoms. The number of aliphatic hydroxyl groups is 3. The lowest BCUT2D eigenvalue weighted by Crippen LogP contribution is -2.65. The van der Waals surface area contributed by atoms with Crippen LogP contribution < -0.4 is 26.4 Å². The van der Waals surface area contributed by atoms with E-state index in [1.54, 1.807) is 6.07 Å². The van der Waals surface area contributed by atoms with E-state index >= 15 is 0 Å². The molecule has 7 aliphatic rings. The number of piperidine rings is 1. The van der Waals surface area contributed by atoms with Crippen LogP contribution in [0.4, 0.5) is 0 Å². The molecule has 392 valence electrons. The Morgan fingerprint density at radius 2 is 1.84 bits per heavy atom. The highest BCUT2D eigenvalue weighted by atomic mass is 16.5. The van der Waals surface area contributed by atoms with Crippen molar-refractivity contribution in [2.45, 2.75) is 126 Å². The SMILES string of the molecule is CCNCC1C2c3[nH]ccc3C3CC(=O)CC4NCC(C(CCCO)C1C1CCC5(C#CC(CCC(O)CC(C6=CCNC(N)=C6)c6ccc7ccccc7c6)c6cc(O)c(OC)cc6CCC5=O)C(O)C1)C2C43. The number of aliphatic hydroxyl groups excluding tert-OH is 3. The standard InChI is InChI=1S/C62H77N5O7/c1-3-64-33-50-57(44(9-6-24-68)49-34-67-51-31-43(70)30-48-45-19-23-66-61(45)60(50)59(49)58(48)51)41-17-21-62(55(73)27-41)20-16-36(47-32-52(71)53(74-2)26-39(47)13-15-54(62)72)12-14-42(69)29-46(40-18-22-65-56(63)28-40)38-11-10-35-7-4-5-8-37(35)25-38/h4-5,7-8,10-11,18-19,23,25-26,28,32,36,41-42,44,46,48-51,55,57-60,64-69,71,73H,3,6,9,12-15,17,21-22,24,27,29-31,33-34,63H2,1-2H3. The van der Waals surface area contributed by atoms with Crippen molar-refractivity contribution in [3.63, 3.8) is 0 Å². The van der Waals surface area contributed by atoms with Crippen molar-refractivity contribution in [2.24, 2.45) is 52.6 Å². The third kappa shape index (κ3) is 9.29. The molecule has 3 aromatic carbocycles. The first kappa shape index (κ1) is 50.7. The first-order valence-electron chi connectivity index (χ1n) is 28.0. The smallest absolute Gasteiger partial charge is 0.160 e. The first-order chi connectivity index (χ1) is 36.0. The zero-order valence-corrected chi connectivity index (χ0v) is 43.2. The number of aryl methyl sites for hydroxylation is 1. The number of Topliss-reactive ketones (excluding diaryl/α,β-unsaturated/α-hetero) is 2. The van der Waals surface area contributed by atoms with Crippen molar-refractivity contribution in [3.05, 3.63) is 118 Å². The molecule has 74 heavy (non-hydrogen) atoms. The average Bonchev–Trinajstić information content (AvgIpc) is 3.94. The number of carbonyl (C=O) groups excluding carboxylic acids is 2. The summed E-state index contributed by atoms with van der Waals surface area (Å²) in [5, 5.41) is 59.8. The Morgan fingerprint density at radius 1 is 0.986 bits per heavy atom. The summed E-state index contributed by atoms with van der Waals surface area (Å²) in [5.41, 5.74) is 11.5. The molecule has 10 N–H and O–H groups in total. The number of nitrogens with two attached hydrogens (primary N) is 1. The Hall–Kier alpha value is -5.42. The van der Waals surface area contributed by atoms with Gasteiger partial charge >= 0.3 is 0 Å². The van der Waals surface area contributed by atoms with Gasteiger partial charge in [0.05, 0.1) is 25.1 Å². The van der Waals surface area contributed by atoms with Crippen LogP contribution in [0, 0.1) is 58.7 Å². The Kier molecular flexibility index (Phi) is 14.6. The number of ether oxygens (including phenoxy) is 1. The van der Waals surface area contributed by atoms with Crippen LogP contribution in [-0.2, 0) is 16.0 Å². The normalized spacial score (nSPS) is 33.0. The van der Waals surface area contributed by atoms with Crippen molar-refractivity contribution in [1.82, 2.24) is 20.9 Å². The number of carbonyl (C=O) groups is 2. The fraction of sp³-hybridized carbons (Fsp3) is 0.548. The van der Waals surface area contributed by atoms with Crippen LogP contribution in [-0.4, -0.2) is 95.1 Å². The maximum Gasteiger partial charge on any atom is 0.160 e. The molecule has 0 amide bonds. The summed E-state index contributed by atoms with van der Waals surface area (Å²) in [5.74, 6) is 10.2. The predicted octanol–water partition coefficient (Wildman–Crippen LogP) is 7.59. The minimum Gasteiger partial charge on any atom is -0.504 e.